The van der Waals surface area contributed by atoms with Crippen LogP contribution in [0, 0.1) is 13.8 Å². The van der Waals surface area contributed by atoms with Crippen LogP contribution in [0.2, 0.25) is 25.1 Å². The van der Waals surface area contributed by atoms with Crippen molar-refractivity contribution in [3.05, 3.63) is 126 Å². The Labute approximate surface area is 344 Å². The standard InChI is InChI=1S/C21H24Cl4N2O3.C19H16ClNO2S/c1-11-14(22)9-13(19(28)17(11)24)7-5-3-4-6-8-26-21(30)27-16-10-15(23)12(2)18(25)20(16)29;20-14-5-8-16(9-6-14)24-19-4-2-1-3-13(19)12-21-17-10-7-15(22)11-18(17)23/h9-10,28-29H,3-8H2,1-2H3,(H2,26,27,30);1-11,21-23H,12H2. The lowest BCUT2D eigenvalue weighted by Gasteiger charge is -2.12. The molecule has 0 aliphatic rings. The second kappa shape index (κ2) is 20.7. The lowest BCUT2D eigenvalue weighted by Crippen LogP contribution is -2.29. The molecule has 7 N–H and O–H groups in total. The summed E-state index contributed by atoms with van der Waals surface area (Å²) in [6.45, 7) is 4.49. The maximum atomic E-state index is 12.0. The Bertz CT molecular complexity index is 2070. The largest absolute Gasteiger partial charge is 0.508 e. The van der Waals surface area contributed by atoms with Crippen molar-refractivity contribution in [2.24, 2.45) is 0 Å². The third kappa shape index (κ3) is 12.3. The van der Waals surface area contributed by atoms with E-state index in [1.54, 1.807) is 37.7 Å². The Kier molecular flexibility index (Phi) is 16.5. The maximum Gasteiger partial charge on any atom is 0.319 e. The molecule has 0 radical (unpaired) electrons. The quantitative estimate of drug-likeness (QED) is 0.0356. The van der Waals surface area contributed by atoms with E-state index in [2.05, 4.69) is 22.0 Å². The molecular formula is C40H40Cl5N3O5S. The van der Waals surface area contributed by atoms with E-state index in [1.807, 2.05) is 42.5 Å². The van der Waals surface area contributed by atoms with Gasteiger partial charge in [0.25, 0.3) is 0 Å². The van der Waals surface area contributed by atoms with Crippen molar-refractivity contribution < 1.29 is 25.2 Å². The molecule has 0 bridgehead atoms. The number of carbonyl (C=O) groups excluding carboxylic acids is 1. The van der Waals surface area contributed by atoms with Crippen molar-refractivity contribution in [3.63, 3.8) is 0 Å². The van der Waals surface area contributed by atoms with Crippen LogP contribution >= 0.6 is 69.8 Å². The maximum absolute atomic E-state index is 12.0. The van der Waals surface area contributed by atoms with Gasteiger partial charge in [-0.2, -0.15) is 0 Å². The smallest absolute Gasteiger partial charge is 0.319 e. The average Bonchev–Trinajstić information content (AvgIpc) is 3.15. The van der Waals surface area contributed by atoms with Gasteiger partial charge in [0.05, 0.1) is 21.4 Å². The zero-order chi connectivity index (χ0) is 39.4. The second-order valence-electron chi connectivity index (χ2n) is 12.3. The van der Waals surface area contributed by atoms with Gasteiger partial charge in [-0.05, 0) is 110 Å². The number of rotatable bonds is 13. The van der Waals surface area contributed by atoms with Crippen molar-refractivity contribution in [1.82, 2.24) is 5.32 Å². The molecule has 0 spiro atoms. The molecule has 5 aromatic carbocycles. The van der Waals surface area contributed by atoms with Gasteiger partial charge in [-0.15, -0.1) is 0 Å². The molecule has 0 fully saturated rings. The van der Waals surface area contributed by atoms with Crippen LogP contribution in [-0.2, 0) is 13.0 Å². The number of nitrogens with one attached hydrogen (secondary N) is 3. The minimum atomic E-state index is -0.449. The SMILES string of the molecule is Cc1c(Cl)cc(CCCCCCNC(=O)Nc2cc(Cl)c(C)c(Cl)c2O)c(O)c1Cl.Oc1ccc(NCc2ccccc2Sc2ccc(Cl)cc2)c(O)c1. The minimum Gasteiger partial charge on any atom is -0.508 e. The van der Waals surface area contributed by atoms with E-state index in [4.69, 9.17) is 58.0 Å². The monoisotopic (exact) mass is 849 g/mol. The van der Waals surface area contributed by atoms with Crippen molar-refractivity contribution in [2.75, 3.05) is 17.2 Å². The van der Waals surface area contributed by atoms with E-state index < -0.39 is 6.03 Å². The summed E-state index contributed by atoms with van der Waals surface area (Å²) in [7, 11) is 0. The molecule has 14 heteroatoms. The number of carbonyl (C=O) groups is 1. The van der Waals surface area contributed by atoms with Gasteiger partial charge in [0, 0.05) is 44.0 Å². The molecule has 0 saturated heterocycles. The first-order chi connectivity index (χ1) is 25.7. The first-order valence-corrected chi connectivity index (χ1v) is 19.6. The number of anilines is 2. The van der Waals surface area contributed by atoms with E-state index in [1.165, 1.54) is 18.2 Å². The summed E-state index contributed by atoms with van der Waals surface area (Å²) in [5, 5.41) is 49.8. The van der Waals surface area contributed by atoms with Crippen LogP contribution in [-0.4, -0.2) is 33.0 Å². The fourth-order valence-electron chi connectivity index (χ4n) is 5.14. The van der Waals surface area contributed by atoms with E-state index in [-0.39, 0.29) is 33.7 Å². The van der Waals surface area contributed by atoms with Crippen LogP contribution in [0.25, 0.3) is 0 Å². The molecule has 0 heterocycles. The molecule has 0 saturated carbocycles. The zero-order valence-corrected chi connectivity index (χ0v) is 34.0. The van der Waals surface area contributed by atoms with Crippen molar-refractivity contribution in [1.29, 1.82) is 0 Å². The van der Waals surface area contributed by atoms with Gasteiger partial charge >= 0.3 is 6.03 Å². The third-order valence-electron chi connectivity index (χ3n) is 8.29. The van der Waals surface area contributed by atoms with Crippen LogP contribution in [0.4, 0.5) is 16.2 Å². The van der Waals surface area contributed by atoms with Crippen LogP contribution in [0.15, 0.2) is 88.7 Å². The first kappa shape index (κ1) is 42.9. The number of aromatic hydroxyl groups is 4. The summed E-state index contributed by atoms with van der Waals surface area (Å²) in [5.41, 5.74) is 3.81. The number of benzene rings is 5. The molecule has 0 aliphatic heterocycles. The van der Waals surface area contributed by atoms with E-state index in [0.717, 1.165) is 51.6 Å². The predicted octanol–water partition coefficient (Wildman–Crippen LogP) is 12.8. The number of unbranched alkanes of at least 4 members (excludes halogenated alkanes) is 3. The summed E-state index contributed by atoms with van der Waals surface area (Å²) in [6.07, 6.45) is 4.16. The molecule has 5 rings (SSSR count). The third-order valence-corrected chi connectivity index (χ3v) is 11.4. The number of phenols is 4. The van der Waals surface area contributed by atoms with Crippen LogP contribution in [0.1, 0.15) is 47.9 Å². The highest BCUT2D eigenvalue weighted by Crippen LogP contribution is 2.39. The number of aryl methyl sites for hydroxylation is 1. The predicted molar refractivity (Wildman–Crippen MR) is 224 cm³/mol. The van der Waals surface area contributed by atoms with Crippen LogP contribution in [0.3, 0.4) is 0 Å². The number of hydrogen-bond acceptors (Lipinski definition) is 7. The number of phenolic OH excluding ortho intramolecular Hbond substituents is 4. The second-order valence-corrected chi connectivity index (χ2v) is 15.4. The highest BCUT2D eigenvalue weighted by molar-refractivity contribution is 7.99. The van der Waals surface area contributed by atoms with Crippen LogP contribution < -0.4 is 16.0 Å². The van der Waals surface area contributed by atoms with E-state index in [9.17, 15) is 25.2 Å². The highest BCUT2D eigenvalue weighted by atomic mass is 35.5. The number of amides is 2. The molecule has 2 amide bonds. The normalized spacial score (nSPS) is 10.7. The van der Waals surface area contributed by atoms with Crippen molar-refractivity contribution in [3.8, 4) is 23.0 Å². The molecule has 8 nitrogen and oxygen atoms in total. The summed E-state index contributed by atoms with van der Waals surface area (Å²) >= 11 is 31.8. The van der Waals surface area contributed by atoms with E-state index in [0.29, 0.717) is 51.4 Å². The fourth-order valence-corrected chi connectivity index (χ4v) is 7.17. The van der Waals surface area contributed by atoms with Gasteiger partial charge < -0.3 is 36.4 Å². The van der Waals surface area contributed by atoms with Gasteiger partial charge in [-0.25, -0.2) is 4.79 Å². The van der Waals surface area contributed by atoms with E-state index >= 15 is 0 Å². The van der Waals surface area contributed by atoms with Gasteiger partial charge in [-0.1, -0.05) is 101 Å². The number of urea groups is 1. The zero-order valence-electron chi connectivity index (χ0n) is 29.5. The Morgan fingerprint density at radius 1 is 0.685 bits per heavy atom. The minimum absolute atomic E-state index is 0.0258. The lowest BCUT2D eigenvalue weighted by atomic mass is 10.0. The number of halogens is 5. The Morgan fingerprint density at radius 2 is 1.33 bits per heavy atom. The Hall–Kier alpha value is -3.83. The summed E-state index contributed by atoms with van der Waals surface area (Å²) in [5.74, 6) is -0.0562. The van der Waals surface area contributed by atoms with Crippen molar-refractivity contribution in [2.45, 2.75) is 62.3 Å². The lowest BCUT2D eigenvalue weighted by molar-refractivity contribution is 0.251. The topological polar surface area (TPSA) is 134 Å². The molecule has 0 atom stereocenters. The van der Waals surface area contributed by atoms with Crippen LogP contribution in [0.5, 0.6) is 23.0 Å². The summed E-state index contributed by atoms with van der Waals surface area (Å²) < 4.78 is 0. The average molecular weight is 852 g/mol. The fraction of sp³-hybridized carbons (Fsp3) is 0.225. The highest BCUT2D eigenvalue weighted by Gasteiger charge is 2.15. The first-order valence-electron chi connectivity index (χ1n) is 16.9. The Morgan fingerprint density at radius 3 is 2.04 bits per heavy atom. The molecule has 0 aromatic heterocycles. The summed E-state index contributed by atoms with van der Waals surface area (Å²) in [4.78, 5) is 14.2. The number of hydrogen-bond donors (Lipinski definition) is 7. The molecule has 0 unspecified atom stereocenters. The molecule has 54 heavy (non-hydrogen) atoms. The molecule has 0 aliphatic carbocycles. The molecular weight excluding hydrogens is 812 g/mol. The Balaban J connectivity index is 0.000000246. The van der Waals surface area contributed by atoms with Gasteiger partial charge in [-0.3, -0.25) is 0 Å². The summed E-state index contributed by atoms with van der Waals surface area (Å²) in [6, 6.07) is 23.1. The molecule has 286 valence electrons. The van der Waals surface area contributed by atoms with Gasteiger partial charge in [0.2, 0.25) is 0 Å². The molecule has 5 aromatic rings. The van der Waals surface area contributed by atoms with Crippen molar-refractivity contribution >= 4 is 87.2 Å². The van der Waals surface area contributed by atoms with Gasteiger partial charge in [0.1, 0.15) is 17.2 Å². The van der Waals surface area contributed by atoms with Gasteiger partial charge in [0.15, 0.2) is 5.75 Å².